The molecule has 5 nitrogen and oxygen atoms in total. The molecule has 150 valence electrons. The van der Waals surface area contributed by atoms with E-state index in [2.05, 4.69) is 39.4 Å². The van der Waals surface area contributed by atoms with E-state index in [4.69, 9.17) is 0 Å². The van der Waals surface area contributed by atoms with Gasteiger partial charge < -0.3 is 15.6 Å². The Kier molecular flexibility index (Phi) is 8.34. The van der Waals surface area contributed by atoms with Crippen LogP contribution in [0.25, 0.3) is 10.9 Å². The minimum Gasteiger partial charge on any atom is -0.361 e. The van der Waals surface area contributed by atoms with Crippen molar-refractivity contribution in [3.8, 4) is 0 Å². The SMILES string of the molecule is CN=C(NCCc1c[nH]c2cc(F)ccc12)NCCN(C(C)C)C1CC1.I. The second-order valence-electron chi connectivity index (χ2n) is 7.24. The first kappa shape index (κ1) is 21.9. The number of aromatic nitrogens is 1. The van der Waals surface area contributed by atoms with Crippen molar-refractivity contribution < 1.29 is 4.39 Å². The van der Waals surface area contributed by atoms with Crippen LogP contribution in [0.2, 0.25) is 0 Å². The summed E-state index contributed by atoms with van der Waals surface area (Å²) in [5, 5.41) is 7.84. The molecule has 1 aliphatic carbocycles. The highest BCUT2D eigenvalue weighted by Crippen LogP contribution is 2.27. The summed E-state index contributed by atoms with van der Waals surface area (Å²) in [5.41, 5.74) is 2.03. The van der Waals surface area contributed by atoms with Crippen LogP contribution in [-0.2, 0) is 6.42 Å². The number of benzene rings is 1. The Hall–Kier alpha value is -1.35. The molecular formula is C20H31FIN5. The molecule has 1 saturated carbocycles. The average molecular weight is 487 g/mol. The Balaban J connectivity index is 0.00000261. The number of hydrogen-bond acceptors (Lipinski definition) is 2. The Bertz CT molecular complexity index is 752. The largest absolute Gasteiger partial charge is 0.361 e. The quantitative estimate of drug-likeness (QED) is 0.304. The van der Waals surface area contributed by atoms with Crippen LogP contribution in [0.3, 0.4) is 0 Å². The summed E-state index contributed by atoms with van der Waals surface area (Å²) in [6.45, 7) is 7.23. The van der Waals surface area contributed by atoms with Crippen LogP contribution >= 0.6 is 24.0 Å². The number of rotatable bonds is 8. The molecule has 7 heteroatoms. The molecule has 1 aliphatic rings. The second-order valence-corrected chi connectivity index (χ2v) is 7.24. The molecule has 1 aromatic heterocycles. The number of guanidine groups is 1. The minimum atomic E-state index is -0.213. The van der Waals surface area contributed by atoms with E-state index < -0.39 is 0 Å². The van der Waals surface area contributed by atoms with Gasteiger partial charge in [-0.2, -0.15) is 0 Å². The van der Waals surface area contributed by atoms with E-state index in [1.165, 1.54) is 30.5 Å². The lowest BCUT2D eigenvalue weighted by molar-refractivity contribution is 0.215. The third kappa shape index (κ3) is 6.07. The van der Waals surface area contributed by atoms with E-state index >= 15 is 0 Å². The number of nitrogens with zero attached hydrogens (tertiary/aromatic N) is 2. The fraction of sp³-hybridized carbons (Fsp3) is 0.550. The highest BCUT2D eigenvalue weighted by Gasteiger charge is 2.30. The van der Waals surface area contributed by atoms with Crippen molar-refractivity contribution in [3.63, 3.8) is 0 Å². The van der Waals surface area contributed by atoms with E-state index in [1.807, 2.05) is 12.3 Å². The van der Waals surface area contributed by atoms with Crippen LogP contribution in [0.1, 0.15) is 32.3 Å². The Labute approximate surface area is 178 Å². The number of halogens is 2. The fourth-order valence-electron chi connectivity index (χ4n) is 3.47. The minimum absolute atomic E-state index is 0. The summed E-state index contributed by atoms with van der Waals surface area (Å²) in [7, 11) is 1.80. The number of fused-ring (bicyclic) bond motifs is 1. The molecule has 0 atom stereocenters. The van der Waals surface area contributed by atoms with Crippen LogP contribution in [0.15, 0.2) is 29.4 Å². The monoisotopic (exact) mass is 487 g/mol. The average Bonchev–Trinajstić information content (AvgIpc) is 3.37. The van der Waals surface area contributed by atoms with Crippen molar-refractivity contribution in [2.24, 2.45) is 4.99 Å². The van der Waals surface area contributed by atoms with Gasteiger partial charge >= 0.3 is 0 Å². The first-order valence-electron chi connectivity index (χ1n) is 9.54. The van der Waals surface area contributed by atoms with E-state index in [0.29, 0.717) is 6.04 Å². The maximum Gasteiger partial charge on any atom is 0.191 e. The molecule has 1 fully saturated rings. The molecule has 0 saturated heterocycles. The summed E-state index contributed by atoms with van der Waals surface area (Å²) in [4.78, 5) is 10.00. The Morgan fingerprint density at radius 2 is 2.04 bits per heavy atom. The normalized spacial score (nSPS) is 14.7. The summed E-state index contributed by atoms with van der Waals surface area (Å²) in [6, 6.07) is 6.24. The first-order valence-corrected chi connectivity index (χ1v) is 9.54. The van der Waals surface area contributed by atoms with Crippen molar-refractivity contribution in [1.29, 1.82) is 0 Å². The van der Waals surface area contributed by atoms with Gasteiger partial charge in [-0.3, -0.25) is 9.89 Å². The van der Waals surface area contributed by atoms with Crippen LogP contribution in [0.5, 0.6) is 0 Å². The molecule has 3 N–H and O–H groups in total. The van der Waals surface area contributed by atoms with Gasteiger partial charge in [0, 0.05) is 55.9 Å². The zero-order valence-corrected chi connectivity index (χ0v) is 18.7. The standard InChI is InChI=1S/C20H30FN5.HI/c1-14(2)26(17-5-6-17)11-10-24-20(22-3)23-9-8-15-13-25-19-12-16(21)4-7-18(15)19;/h4,7,12-14,17,25H,5-6,8-11H2,1-3H3,(H2,22,23,24);1H. The summed E-state index contributed by atoms with van der Waals surface area (Å²) in [5.74, 6) is 0.616. The first-order chi connectivity index (χ1) is 12.6. The van der Waals surface area contributed by atoms with Gasteiger partial charge in [0.15, 0.2) is 5.96 Å². The molecule has 2 aromatic rings. The molecular weight excluding hydrogens is 456 g/mol. The Morgan fingerprint density at radius 3 is 2.70 bits per heavy atom. The van der Waals surface area contributed by atoms with Gasteiger partial charge in [0.2, 0.25) is 0 Å². The number of aromatic amines is 1. The fourth-order valence-corrected chi connectivity index (χ4v) is 3.47. The predicted octanol–water partition coefficient (Wildman–Crippen LogP) is 3.51. The molecule has 0 bridgehead atoms. The molecule has 0 amide bonds. The third-order valence-electron chi connectivity index (χ3n) is 4.98. The smallest absolute Gasteiger partial charge is 0.191 e. The zero-order chi connectivity index (χ0) is 18.5. The number of H-pyrrole nitrogens is 1. The van der Waals surface area contributed by atoms with Gasteiger partial charge in [-0.05, 0) is 56.9 Å². The summed E-state index contributed by atoms with van der Waals surface area (Å²) in [6.07, 6.45) is 5.48. The highest BCUT2D eigenvalue weighted by atomic mass is 127. The van der Waals surface area contributed by atoms with Crippen molar-refractivity contribution in [2.75, 3.05) is 26.7 Å². The van der Waals surface area contributed by atoms with Crippen LogP contribution in [0.4, 0.5) is 4.39 Å². The second kappa shape index (κ2) is 10.3. The summed E-state index contributed by atoms with van der Waals surface area (Å²) >= 11 is 0. The number of aliphatic imine (C=N–C) groups is 1. The molecule has 0 aliphatic heterocycles. The van der Waals surface area contributed by atoms with Crippen molar-refractivity contribution >= 4 is 40.8 Å². The molecule has 27 heavy (non-hydrogen) atoms. The van der Waals surface area contributed by atoms with Crippen molar-refractivity contribution in [3.05, 3.63) is 35.8 Å². The van der Waals surface area contributed by atoms with Crippen LogP contribution in [-0.4, -0.2) is 54.6 Å². The topological polar surface area (TPSA) is 55.5 Å². The lowest BCUT2D eigenvalue weighted by Crippen LogP contribution is -2.44. The highest BCUT2D eigenvalue weighted by molar-refractivity contribution is 14.0. The van der Waals surface area contributed by atoms with Gasteiger partial charge in [0.05, 0.1) is 0 Å². The number of nitrogens with one attached hydrogen (secondary N) is 3. The maximum atomic E-state index is 13.3. The maximum absolute atomic E-state index is 13.3. The zero-order valence-electron chi connectivity index (χ0n) is 16.4. The molecule has 0 unspecified atom stereocenters. The molecule has 1 aromatic carbocycles. The van der Waals surface area contributed by atoms with E-state index in [1.54, 1.807) is 7.05 Å². The van der Waals surface area contributed by atoms with Crippen LogP contribution < -0.4 is 10.6 Å². The summed E-state index contributed by atoms with van der Waals surface area (Å²) < 4.78 is 13.3. The van der Waals surface area contributed by atoms with Gasteiger partial charge in [0.25, 0.3) is 0 Å². The predicted molar refractivity (Wildman–Crippen MR) is 122 cm³/mol. The lowest BCUT2D eigenvalue weighted by atomic mass is 10.1. The third-order valence-corrected chi connectivity index (χ3v) is 4.98. The van der Waals surface area contributed by atoms with E-state index in [-0.39, 0.29) is 29.8 Å². The number of hydrogen-bond donors (Lipinski definition) is 3. The van der Waals surface area contributed by atoms with Gasteiger partial charge in [-0.1, -0.05) is 0 Å². The van der Waals surface area contributed by atoms with Crippen LogP contribution in [0, 0.1) is 5.82 Å². The van der Waals surface area contributed by atoms with Gasteiger partial charge in [-0.25, -0.2) is 4.39 Å². The van der Waals surface area contributed by atoms with Crippen molar-refractivity contribution in [1.82, 2.24) is 20.5 Å². The molecule has 1 heterocycles. The van der Waals surface area contributed by atoms with E-state index in [9.17, 15) is 4.39 Å². The molecule has 0 spiro atoms. The molecule has 0 radical (unpaired) electrons. The van der Waals surface area contributed by atoms with Crippen molar-refractivity contribution in [2.45, 2.75) is 45.2 Å². The Morgan fingerprint density at radius 1 is 1.30 bits per heavy atom. The van der Waals surface area contributed by atoms with E-state index in [0.717, 1.165) is 49.0 Å². The van der Waals surface area contributed by atoms with Gasteiger partial charge in [-0.15, -0.1) is 24.0 Å². The lowest BCUT2D eigenvalue weighted by Gasteiger charge is -2.26. The van der Waals surface area contributed by atoms with Gasteiger partial charge in [0.1, 0.15) is 5.82 Å². The molecule has 3 rings (SSSR count).